The van der Waals surface area contributed by atoms with E-state index in [2.05, 4.69) is 4.98 Å². The maximum absolute atomic E-state index is 13.1. The van der Waals surface area contributed by atoms with Crippen molar-refractivity contribution in [3.63, 3.8) is 0 Å². The normalized spacial score (nSPS) is 11.2. The molecule has 4 nitrogen and oxygen atoms in total. The van der Waals surface area contributed by atoms with Crippen LogP contribution in [0.5, 0.6) is 0 Å². The molecule has 0 spiro atoms. The van der Waals surface area contributed by atoms with Gasteiger partial charge in [0, 0.05) is 12.6 Å². The van der Waals surface area contributed by atoms with Crippen LogP contribution in [0.25, 0.3) is 11.1 Å². The molecule has 86 valence electrons. The number of aromatic nitrogens is 1. The summed E-state index contributed by atoms with van der Waals surface area (Å²) < 4.78 is 23.5. The molecule has 2 rings (SSSR count). The van der Waals surface area contributed by atoms with Gasteiger partial charge in [0.2, 0.25) is 5.89 Å². The van der Waals surface area contributed by atoms with Crippen LogP contribution in [-0.2, 0) is 11.3 Å². The molecule has 16 heavy (non-hydrogen) atoms. The molecule has 0 saturated carbocycles. The number of rotatable bonds is 4. The molecular weight excluding hydrogens is 235 g/mol. The highest BCUT2D eigenvalue weighted by atomic mass is 35.5. The molecule has 0 aliphatic heterocycles. The van der Waals surface area contributed by atoms with Crippen molar-refractivity contribution in [3.05, 3.63) is 28.9 Å². The summed E-state index contributed by atoms with van der Waals surface area (Å²) in [5.74, 6) is -0.148. The van der Waals surface area contributed by atoms with Crippen molar-refractivity contribution in [1.29, 1.82) is 0 Å². The number of oxazole rings is 1. The Morgan fingerprint density at radius 2 is 2.31 bits per heavy atom. The first kappa shape index (κ1) is 11.3. The van der Waals surface area contributed by atoms with Crippen molar-refractivity contribution in [2.45, 2.75) is 6.61 Å². The molecule has 0 bridgehead atoms. The predicted molar refractivity (Wildman–Crippen MR) is 57.7 cm³/mol. The second-order valence-electron chi connectivity index (χ2n) is 3.18. The number of hydrogen-bond donors (Lipinski definition) is 1. The first-order valence-corrected chi connectivity index (χ1v) is 5.11. The molecule has 0 atom stereocenters. The van der Waals surface area contributed by atoms with Crippen LogP contribution in [0.3, 0.4) is 0 Å². The van der Waals surface area contributed by atoms with Gasteiger partial charge in [-0.25, -0.2) is 9.37 Å². The van der Waals surface area contributed by atoms with Crippen molar-refractivity contribution < 1.29 is 13.5 Å². The Hall–Kier alpha value is -1.17. The number of halogens is 2. The van der Waals surface area contributed by atoms with E-state index in [0.29, 0.717) is 30.1 Å². The number of fused-ring (bicyclic) bond motifs is 1. The number of hydrogen-bond acceptors (Lipinski definition) is 4. The summed E-state index contributed by atoms with van der Waals surface area (Å²) in [6.45, 7) is 1.07. The summed E-state index contributed by atoms with van der Waals surface area (Å²) in [5, 5.41) is 0.0234. The molecule has 0 aliphatic rings. The zero-order valence-corrected chi connectivity index (χ0v) is 9.13. The quantitative estimate of drug-likeness (QED) is 0.837. The van der Waals surface area contributed by atoms with Gasteiger partial charge in [0.25, 0.3) is 0 Å². The fourth-order valence-electron chi connectivity index (χ4n) is 1.28. The second kappa shape index (κ2) is 4.78. The fraction of sp³-hybridized carbons (Fsp3) is 0.300. The molecule has 0 saturated heterocycles. The lowest BCUT2D eigenvalue weighted by Gasteiger charge is -1.96. The van der Waals surface area contributed by atoms with Crippen LogP contribution < -0.4 is 5.73 Å². The van der Waals surface area contributed by atoms with Gasteiger partial charge in [0.05, 0.1) is 11.6 Å². The van der Waals surface area contributed by atoms with Crippen LogP contribution in [0.2, 0.25) is 5.02 Å². The van der Waals surface area contributed by atoms with E-state index >= 15 is 0 Å². The smallest absolute Gasteiger partial charge is 0.221 e. The van der Waals surface area contributed by atoms with Crippen LogP contribution >= 0.6 is 11.6 Å². The first-order valence-electron chi connectivity index (χ1n) is 4.73. The lowest BCUT2D eigenvalue weighted by molar-refractivity contribution is 0.110. The monoisotopic (exact) mass is 244 g/mol. The largest absolute Gasteiger partial charge is 0.438 e. The van der Waals surface area contributed by atoms with Crippen molar-refractivity contribution in [1.82, 2.24) is 4.98 Å². The molecule has 0 fully saturated rings. The van der Waals surface area contributed by atoms with Crippen LogP contribution in [0.1, 0.15) is 5.89 Å². The zero-order chi connectivity index (χ0) is 11.5. The minimum Gasteiger partial charge on any atom is -0.438 e. The Kier molecular flexibility index (Phi) is 3.38. The Labute approximate surface area is 96.1 Å². The average molecular weight is 245 g/mol. The van der Waals surface area contributed by atoms with Gasteiger partial charge in [-0.2, -0.15) is 0 Å². The summed E-state index contributed by atoms with van der Waals surface area (Å²) in [6, 6.07) is 2.62. The van der Waals surface area contributed by atoms with Crippen LogP contribution in [0.4, 0.5) is 4.39 Å². The standard InChI is InChI=1S/C10H10ClFN2O2/c11-6-3-8-9(4-7(6)12)16-10(14-8)5-15-2-1-13/h3-4H,1-2,5,13H2. The van der Waals surface area contributed by atoms with Gasteiger partial charge in [-0.1, -0.05) is 11.6 Å². The fourth-order valence-corrected chi connectivity index (χ4v) is 1.43. The molecule has 0 radical (unpaired) electrons. The topological polar surface area (TPSA) is 61.3 Å². The van der Waals surface area contributed by atoms with E-state index in [4.69, 9.17) is 26.5 Å². The van der Waals surface area contributed by atoms with Gasteiger partial charge in [0.1, 0.15) is 17.9 Å². The molecule has 0 unspecified atom stereocenters. The van der Waals surface area contributed by atoms with Crippen molar-refractivity contribution >= 4 is 22.7 Å². The van der Waals surface area contributed by atoms with Gasteiger partial charge >= 0.3 is 0 Å². The van der Waals surface area contributed by atoms with Gasteiger partial charge in [-0.05, 0) is 6.07 Å². The Morgan fingerprint density at radius 1 is 1.50 bits per heavy atom. The van der Waals surface area contributed by atoms with Crippen molar-refractivity contribution in [2.75, 3.05) is 13.2 Å². The Bertz CT molecular complexity index is 462. The highest BCUT2D eigenvalue weighted by Gasteiger charge is 2.09. The third kappa shape index (κ3) is 2.32. The van der Waals surface area contributed by atoms with Crippen LogP contribution in [-0.4, -0.2) is 18.1 Å². The van der Waals surface area contributed by atoms with Gasteiger partial charge < -0.3 is 14.9 Å². The summed E-state index contributed by atoms with van der Waals surface area (Å²) in [5.41, 5.74) is 6.13. The average Bonchev–Trinajstić information content (AvgIpc) is 2.61. The van der Waals surface area contributed by atoms with E-state index in [1.165, 1.54) is 12.1 Å². The molecular formula is C10H10ClFN2O2. The maximum atomic E-state index is 13.1. The molecule has 1 aromatic heterocycles. The van der Waals surface area contributed by atoms with Crippen molar-refractivity contribution in [2.24, 2.45) is 5.73 Å². The SMILES string of the molecule is NCCOCc1nc2cc(Cl)c(F)cc2o1. The first-order chi connectivity index (χ1) is 7.70. The summed E-state index contributed by atoms with van der Waals surface area (Å²) in [4.78, 5) is 4.10. The third-order valence-electron chi connectivity index (χ3n) is 1.96. The minimum atomic E-state index is -0.528. The molecule has 1 heterocycles. The van der Waals surface area contributed by atoms with E-state index in [0.717, 1.165) is 0 Å². The molecule has 0 amide bonds. The summed E-state index contributed by atoms with van der Waals surface area (Å²) in [6.07, 6.45) is 0. The van der Waals surface area contributed by atoms with Crippen LogP contribution in [0.15, 0.2) is 16.5 Å². The van der Waals surface area contributed by atoms with E-state index in [-0.39, 0.29) is 11.6 Å². The molecule has 2 aromatic rings. The van der Waals surface area contributed by atoms with E-state index in [1.54, 1.807) is 0 Å². The lowest BCUT2D eigenvalue weighted by Crippen LogP contribution is -2.08. The highest BCUT2D eigenvalue weighted by Crippen LogP contribution is 2.23. The number of benzene rings is 1. The number of ether oxygens (including phenoxy) is 1. The lowest BCUT2D eigenvalue weighted by atomic mass is 10.3. The highest BCUT2D eigenvalue weighted by molar-refractivity contribution is 6.31. The van der Waals surface area contributed by atoms with E-state index < -0.39 is 5.82 Å². The zero-order valence-electron chi connectivity index (χ0n) is 8.37. The molecule has 0 aliphatic carbocycles. The Balaban J connectivity index is 2.23. The van der Waals surface area contributed by atoms with Crippen LogP contribution in [0, 0.1) is 5.82 Å². The van der Waals surface area contributed by atoms with E-state index in [9.17, 15) is 4.39 Å². The van der Waals surface area contributed by atoms with Gasteiger partial charge in [-0.3, -0.25) is 0 Å². The summed E-state index contributed by atoms with van der Waals surface area (Å²) >= 11 is 5.62. The molecule has 6 heteroatoms. The maximum Gasteiger partial charge on any atom is 0.221 e. The molecule has 1 aromatic carbocycles. The Morgan fingerprint density at radius 3 is 3.06 bits per heavy atom. The van der Waals surface area contributed by atoms with E-state index in [1.807, 2.05) is 0 Å². The number of nitrogens with two attached hydrogens (primary N) is 1. The third-order valence-corrected chi connectivity index (χ3v) is 2.25. The molecule has 2 N–H and O–H groups in total. The van der Waals surface area contributed by atoms with Crippen molar-refractivity contribution in [3.8, 4) is 0 Å². The minimum absolute atomic E-state index is 0.0234. The second-order valence-corrected chi connectivity index (χ2v) is 3.59. The predicted octanol–water partition coefficient (Wildman–Crippen LogP) is 2.10. The van der Waals surface area contributed by atoms with Gasteiger partial charge in [0.15, 0.2) is 5.58 Å². The summed E-state index contributed by atoms with van der Waals surface area (Å²) in [7, 11) is 0. The van der Waals surface area contributed by atoms with Gasteiger partial charge in [-0.15, -0.1) is 0 Å². The number of nitrogens with zero attached hydrogens (tertiary/aromatic N) is 1.